The molecule has 0 atom stereocenters. The molecule has 4 nitrogen and oxygen atoms in total. The lowest BCUT2D eigenvalue weighted by atomic mass is 10.1. The highest BCUT2D eigenvalue weighted by molar-refractivity contribution is 8.09. The molecule has 0 saturated carbocycles. The predicted molar refractivity (Wildman–Crippen MR) is 55.5 cm³/mol. The van der Waals surface area contributed by atoms with Crippen LogP contribution in [-0.4, -0.2) is 31.6 Å². The number of amidine groups is 1. The van der Waals surface area contributed by atoms with Crippen LogP contribution in [0, 0.1) is 0 Å². The van der Waals surface area contributed by atoms with E-state index in [0.717, 1.165) is 25.9 Å². The molecule has 5 heteroatoms. The molecule has 2 rings (SSSR count). The Balaban J connectivity index is 2.22. The third kappa shape index (κ3) is 1.45. The Labute approximate surface area is 84.2 Å². The first-order valence-electron chi connectivity index (χ1n) is 4.87. The Morgan fingerprint density at radius 2 is 1.93 bits per heavy atom. The van der Waals surface area contributed by atoms with Crippen LogP contribution in [0.1, 0.15) is 26.2 Å². The molecular formula is C9H14N2O2S. The van der Waals surface area contributed by atoms with E-state index in [1.165, 1.54) is 12.6 Å². The highest BCUT2D eigenvalue weighted by Crippen LogP contribution is 2.21. The van der Waals surface area contributed by atoms with Crippen molar-refractivity contribution in [2.24, 2.45) is 4.99 Å². The van der Waals surface area contributed by atoms with Crippen LogP contribution in [0.15, 0.2) is 16.1 Å². The van der Waals surface area contributed by atoms with Gasteiger partial charge in [0, 0.05) is 19.3 Å². The topological polar surface area (TPSA) is 49.7 Å². The van der Waals surface area contributed by atoms with Crippen LogP contribution in [0.5, 0.6) is 0 Å². The van der Waals surface area contributed by atoms with Gasteiger partial charge in [-0.25, -0.2) is 13.4 Å². The summed E-state index contributed by atoms with van der Waals surface area (Å²) in [5.41, 5.74) is 0. The fraction of sp³-hybridized carbons (Fsp3) is 0.667. The zero-order valence-electron chi connectivity index (χ0n) is 8.23. The number of aliphatic imine (C=N–C) groups is 1. The number of nitrogens with zero attached hydrogens (tertiary/aromatic N) is 2. The third-order valence-electron chi connectivity index (χ3n) is 2.65. The number of likely N-dealkylation sites (tertiary alicyclic amines) is 1. The molecule has 0 amide bonds. The summed E-state index contributed by atoms with van der Waals surface area (Å²) in [6, 6.07) is 0. The maximum absolute atomic E-state index is 11.8. The van der Waals surface area contributed by atoms with Crippen LogP contribution >= 0.6 is 0 Å². The second-order valence-electron chi connectivity index (χ2n) is 3.70. The van der Waals surface area contributed by atoms with Gasteiger partial charge in [-0.05, 0) is 26.2 Å². The molecule has 0 bridgehead atoms. The zero-order chi connectivity index (χ0) is 10.2. The molecule has 0 spiro atoms. The molecule has 78 valence electrons. The monoisotopic (exact) mass is 214 g/mol. The van der Waals surface area contributed by atoms with Gasteiger partial charge < -0.3 is 4.90 Å². The Kier molecular flexibility index (Phi) is 2.34. The molecule has 14 heavy (non-hydrogen) atoms. The minimum absolute atomic E-state index is 0.259. The maximum atomic E-state index is 11.8. The summed E-state index contributed by atoms with van der Waals surface area (Å²) in [6.45, 7) is 3.23. The van der Waals surface area contributed by atoms with E-state index in [4.69, 9.17) is 0 Å². The van der Waals surface area contributed by atoms with Crippen molar-refractivity contribution in [2.45, 2.75) is 26.2 Å². The smallest absolute Gasteiger partial charge is 0.237 e. The van der Waals surface area contributed by atoms with E-state index in [1.54, 1.807) is 6.92 Å². The molecule has 1 fully saturated rings. The standard InChI is InChI=1S/C9H14N2O2S/c1-8-7-10-9(14(8,12)13)11-5-3-2-4-6-11/h7H,2-6H2,1H3. The summed E-state index contributed by atoms with van der Waals surface area (Å²) in [5, 5.41) is 0.259. The van der Waals surface area contributed by atoms with Crippen LogP contribution in [0.25, 0.3) is 0 Å². The minimum atomic E-state index is -3.23. The van der Waals surface area contributed by atoms with Crippen molar-refractivity contribution >= 4 is 15.0 Å². The van der Waals surface area contributed by atoms with Crippen molar-refractivity contribution in [3.63, 3.8) is 0 Å². The van der Waals surface area contributed by atoms with Crippen molar-refractivity contribution in [1.29, 1.82) is 0 Å². The molecule has 2 heterocycles. The Morgan fingerprint density at radius 3 is 2.43 bits per heavy atom. The minimum Gasteiger partial charge on any atom is -0.347 e. The van der Waals surface area contributed by atoms with Crippen LogP contribution in [0.4, 0.5) is 0 Å². The Hall–Kier alpha value is -0.840. The lowest BCUT2D eigenvalue weighted by Crippen LogP contribution is -2.39. The van der Waals surface area contributed by atoms with Crippen molar-refractivity contribution in [2.75, 3.05) is 13.1 Å². The predicted octanol–water partition coefficient (Wildman–Crippen LogP) is 1.12. The van der Waals surface area contributed by atoms with Gasteiger partial charge in [-0.15, -0.1) is 0 Å². The molecule has 2 aliphatic rings. The first kappa shape index (κ1) is 9.71. The van der Waals surface area contributed by atoms with E-state index in [1.807, 2.05) is 4.90 Å². The summed E-state index contributed by atoms with van der Waals surface area (Å²) in [5.74, 6) is 0. The van der Waals surface area contributed by atoms with Gasteiger partial charge in [-0.3, -0.25) is 0 Å². The molecule has 0 N–H and O–H groups in total. The van der Waals surface area contributed by atoms with Gasteiger partial charge in [-0.2, -0.15) is 0 Å². The number of rotatable bonds is 0. The van der Waals surface area contributed by atoms with E-state index in [9.17, 15) is 8.42 Å². The first-order chi connectivity index (χ1) is 6.62. The lowest BCUT2D eigenvalue weighted by Gasteiger charge is -2.27. The largest absolute Gasteiger partial charge is 0.347 e. The van der Waals surface area contributed by atoms with Crippen LogP contribution < -0.4 is 0 Å². The van der Waals surface area contributed by atoms with E-state index in [2.05, 4.69) is 4.99 Å². The Morgan fingerprint density at radius 1 is 1.29 bits per heavy atom. The van der Waals surface area contributed by atoms with Crippen molar-refractivity contribution < 1.29 is 8.42 Å². The molecule has 0 unspecified atom stereocenters. The van der Waals surface area contributed by atoms with E-state index in [-0.39, 0.29) is 5.17 Å². The second-order valence-corrected chi connectivity index (χ2v) is 5.72. The average molecular weight is 214 g/mol. The van der Waals surface area contributed by atoms with Gasteiger partial charge in [0.1, 0.15) is 0 Å². The SMILES string of the molecule is CC1=CN=C(N2CCCCC2)S1(=O)=O. The fourth-order valence-corrected chi connectivity index (χ4v) is 2.96. The van der Waals surface area contributed by atoms with Gasteiger partial charge in [0.25, 0.3) is 0 Å². The highest BCUT2D eigenvalue weighted by Gasteiger charge is 2.31. The summed E-state index contributed by atoms with van der Waals surface area (Å²) in [4.78, 5) is 6.23. The lowest BCUT2D eigenvalue weighted by molar-refractivity contribution is 0.346. The third-order valence-corrected chi connectivity index (χ3v) is 4.45. The van der Waals surface area contributed by atoms with Gasteiger partial charge in [-0.1, -0.05) is 0 Å². The normalized spacial score (nSPS) is 25.9. The second kappa shape index (κ2) is 3.38. The summed E-state index contributed by atoms with van der Waals surface area (Å²) >= 11 is 0. The summed E-state index contributed by atoms with van der Waals surface area (Å²) < 4.78 is 23.5. The van der Waals surface area contributed by atoms with Gasteiger partial charge >= 0.3 is 0 Å². The van der Waals surface area contributed by atoms with Crippen molar-refractivity contribution in [3.8, 4) is 0 Å². The van der Waals surface area contributed by atoms with Crippen molar-refractivity contribution in [1.82, 2.24) is 4.90 Å². The van der Waals surface area contributed by atoms with Crippen molar-refractivity contribution in [3.05, 3.63) is 11.1 Å². The zero-order valence-corrected chi connectivity index (χ0v) is 9.05. The molecule has 1 saturated heterocycles. The average Bonchev–Trinajstić information content (AvgIpc) is 2.44. The number of allylic oxidation sites excluding steroid dienone is 1. The van der Waals surface area contributed by atoms with E-state index in [0.29, 0.717) is 4.91 Å². The number of sulfone groups is 1. The molecule has 0 aliphatic carbocycles. The van der Waals surface area contributed by atoms with Gasteiger partial charge in [0.05, 0.1) is 4.91 Å². The molecule has 0 aromatic carbocycles. The number of hydrogen-bond donors (Lipinski definition) is 0. The van der Waals surface area contributed by atoms with Crippen LogP contribution in [0.3, 0.4) is 0 Å². The van der Waals surface area contributed by atoms with Gasteiger partial charge in [0.2, 0.25) is 15.0 Å². The van der Waals surface area contributed by atoms with E-state index < -0.39 is 9.84 Å². The summed E-state index contributed by atoms with van der Waals surface area (Å²) in [6.07, 6.45) is 4.76. The number of hydrogen-bond acceptors (Lipinski definition) is 4. The highest BCUT2D eigenvalue weighted by atomic mass is 32.2. The molecule has 0 radical (unpaired) electrons. The first-order valence-corrected chi connectivity index (χ1v) is 6.35. The van der Waals surface area contributed by atoms with E-state index >= 15 is 0 Å². The molecule has 0 aromatic rings. The van der Waals surface area contributed by atoms with Crippen LogP contribution in [0.2, 0.25) is 0 Å². The number of piperidine rings is 1. The summed E-state index contributed by atoms with van der Waals surface area (Å²) in [7, 11) is -3.23. The molecule has 0 aromatic heterocycles. The quantitative estimate of drug-likeness (QED) is 0.607. The van der Waals surface area contributed by atoms with Crippen LogP contribution in [-0.2, 0) is 9.84 Å². The van der Waals surface area contributed by atoms with Gasteiger partial charge in [0.15, 0.2) is 0 Å². The fourth-order valence-electron chi connectivity index (χ4n) is 1.77. The Bertz CT molecular complexity index is 389. The maximum Gasteiger partial charge on any atom is 0.237 e. The molecular weight excluding hydrogens is 200 g/mol. The molecule has 2 aliphatic heterocycles.